The summed E-state index contributed by atoms with van der Waals surface area (Å²) in [5, 5.41) is 2.80. The Morgan fingerprint density at radius 2 is 1.72 bits per heavy atom. The fourth-order valence-electron chi connectivity index (χ4n) is 2.94. The second-order valence-electron chi connectivity index (χ2n) is 6.22. The highest BCUT2D eigenvalue weighted by Gasteiger charge is 2.50. The minimum Gasteiger partial charge on any atom is -0.117 e. The molecule has 1 aliphatic rings. The van der Waals surface area contributed by atoms with E-state index in [2.05, 4.69) is 57.2 Å². The van der Waals surface area contributed by atoms with Gasteiger partial charge in [-0.15, -0.1) is 11.6 Å². The number of benzene rings is 2. The summed E-state index contributed by atoms with van der Waals surface area (Å²) < 4.78 is 0. The van der Waals surface area contributed by atoms with Crippen LogP contribution in [0.25, 0.3) is 10.8 Å². The molecule has 3 rings (SSSR count). The second-order valence-corrected chi connectivity index (χ2v) is 6.69. The predicted molar refractivity (Wildman–Crippen MR) is 79.2 cm³/mol. The normalized spacial score (nSPS) is 23.0. The van der Waals surface area contributed by atoms with Crippen molar-refractivity contribution >= 4 is 22.4 Å². The van der Waals surface area contributed by atoms with Crippen LogP contribution in [0, 0.1) is 18.3 Å². The maximum atomic E-state index is 6.72. The molecule has 0 spiro atoms. The van der Waals surface area contributed by atoms with Crippen LogP contribution >= 0.6 is 11.6 Å². The van der Waals surface area contributed by atoms with Gasteiger partial charge in [-0.2, -0.15) is 0 Å². The molecule has 94 valence electrons. The monoisotopic (exact) mass is 258 g/mol. The number of hydrogen-bond donors (Lipinski definition) is 0. The van der Waals surface area contributed by atoms with Gasteiger partial charge in [0.1, 0.15) is 0 Å². The molecule has 2 aromatic rings. The molecular weight excluding hydrogens is 240 g/mol. The minimum absolute atomic E-state index is 0.144. The van der Waals surface area contributed by atoms with Crippen LogP contribution in [0.3, 0.4) is 0 Å². The van der Waals surface area contributed by atoms with Crippen LogP contribution in [0.4, 0.5) is 0 Å². The molecule has 0 heterocycles. The van der Waals surface area contributed by atoms with Crippen LogP contribution in [0.2, 0.25) is 0 Å². The highest BCUT2D eigenvalue weighted by Crippen LogP contribution is 2.60. The molecule has 0 saturated heterocycles. The van der Waals surface area contributed by atoms with Crippen LogP contribution in [0.15, 0.2) is 36.4 Å². The quantitative estimate of drug-likeness (QED) is 0.626. The Kier molecular flexibility index (Phi) is 2.67. The van der Waals surface area contributed by atoms with Crippen LogP contribution < -0.4 is 0 Å². The summed E-state index contributed by atoms with van der Waals surface area (Å²) >= 11 is 6.72. The van der Waals surface area contributed by atoms with Gasteiger partial charge in [0.25, 0.3) is 0 Å². The first-order valence-electron chi connectivity index (χ1n) is 6.63. The maximum Gasteiger partial charge on any atom is 0.0624 e. The fourth-order valence-corrected chi connectivity index (χ4v) is 3.56. The molecule has 0 radical (unpaired) electrons. The van der Waals surface area contributed by atoms with E-state index in [0.717, 1.165) is 0 Å². The van der Waals surface area contributed by atoms with E-state index in [9.17, 15) is 0 Å². The second kappa shape index (κ2) is 3.99. The van der Waals surface area contributed by atoms with Gasteiger partial charge in [-0.05, 0) is 46.6 Å². The largest absolute Gasteiger partial charge is 0.117 e. The number of alkyl halides is 1. The van der Waals surface area contributed by atoms with Crippen molar-refractivity contribution in [2.24, 2.45) is 11.3 Å². The lowest BCUT2D eigenvalue weighted by Crippen LogP contribution is -2.00. The third kappa shape index (κ3) is 1.83. The van der Waals surface area contributed by atoms with Crippen molar-refractivity contribution < 1.29 is 0 Å². The molecule has 0 aromatic heterocycles. The summed E-state index contributed by atoms with van der Waals surface area (Å²) in [7, 11) is 0. The summed E-state index contributed by atoms with van der Waals surface area (Å²) in [5.74, 6) is 0.616. The highest BCUT2D eigenvalue weighted by molar-refractivity contribution is 6.22. The zero-order chi connectivity index (χ0) is 12.9. The Hall–Kier alpha value is -1.01. The topological polar surface area (TPSA) is 0 Å². The van der Waals surface area contributed by atoms with Crippen molar-refractivity contribution in [2.45, 2.75) is 32.6 Å². The lowest BCUT2D eigenvalue weighted by Gasteiger charge is -2.15. The van der Waals surface area contributed by atoms with Gasteiger partial charge in [-0.1, -0.05) is 50.2 Å². The van der Waals surface area contributed by atoms with Crippen LogP contribution in [0.1, 0.15) is 36.8 Å². The van der Waals surface area contributed by atoms with Gasteiger partial charge in [-0.25, -0.2) is 0 Å². The molecule has 1 heteroatoms. The van der Waals surface area contributed by atoms with E-state index in [0.29, 0.717) is 11.3 Å². The Morgan fingerprint density at radius 1 is 1.11 bits per heavy atom. The van der Waals surface area contributed by atoms with Gasteiger partial charge >= 0.3 is 0 Å². The van der Waals surface area contributed by atoms with Gasteiger partial charge < -0.3 is 0 Å². The first-order valence-corrected chi connectivity index (χ1v) is 7.07. The van der Waals surface area contributed by atoms with Crippen molar-refractivity contribution in [1.29, 1.82) is 0 Å². The zero-order valence-corrected chi connectivity index (χ0v) is 12.0. The maximum absolute atomic E-state index is 6.72. The van der Waals surface area contributed by atoms with E-state index >= 15 is 0 Å². The van der Waals surface area contributed by atoms with Crippen molar-refractivity contribution in [3.8, 4) is 0 Å². The Bertz CT molecular complexity index is 598. The average Bonchev–Trinajstić information content (AvgIpc) is 2.99. The standard InChI is InChI=1S/C17H19Cl/c1-11-8-9-14(13-7-5-4-6-12(11)13)16(18)15-10-17(15,2)3/h4-9,15-16H,10H2,1-3H3. The summed E-state index contributed by atoms with van der Waals surface area (Å²) in [4.78, 5) is 0. The van der Waals surface area contributed by atoms with Crippen LogP contribution in [-0.2, 0) is 0 Å². The van der Waals surface area contributed by atoms with E-state index in [-0.39, 0.29) is 5.38 Å². The lowest BCUT2D eigenvalue weighted by molar-refractivity contribution is 0.549. The van der Waals surface area contributed by atoms with Crippen LogP contribution in [-0.4, -0.2) is 0 Å². The van der Waals surface area contributed by atoms with Gasteiger partial charge in [0, 0.05) is 0 Å². The molecule has 0 N–H and O–H groups in total. The van der Waals surface area contributed by atoms with Gasteiger partial charge in [0.2, 0.25) is 0 Å². The van der Waals surface area contributed by atoms with Crippen molar-refractivity contribution in [2.75, 3.05) is 0 Å². The number of rotatable bonds is 2. The SMILES string of the molecule is Cc1ccc(C(Cl)C2CC2(C)C)c2ccccc12. The molecule has 2 unspecified atom stereocenters. The number of hydrogen-bond acceptors (Lipinski definition) is 0. The summed E-state index contributed by atoms with van der Waals surface area (Å²) in [6.45, 7) is 6.78. The van der Waals surface area contributed by atoms with Gasteiger partial charge in [0.05, 0.1) is 5.38 Å². The van der Waals surface area contributed by atoms with Gasteiger partial charge in [0.15, 0.2) is 0 Å². The van der Waals surface area contributed by atoms with E-state index in [1.165, 1.54) is 28.3 Å². The molecule has 0 aliphatic heterocycles. The Morgan fingerprint density at radius 3 is 2.33 bits per heavy atom. The Balaban J connectivity index is 2.10. The number of halogens is 1. The summed E-state index contributed by atoms with van der Waals surface area (Å²) in [6.07, 6.45) is 1.24. The molecule has 0 amide bonds. The third-order valence-corrected chi connectivity index (χ3v) is 4.96. The van der Waals surface area contributed by atoms with Crippen molar-refractivity contribution in [3.63, 3.8) is 0 Å². The zero-order valence-electron chi connectivity index (χ0n) is 11.2. The molecule has 1 fully saturated rings. The van der Waals surface area contributed by atoms with Gasteiger partial charge in [-0.3, -0.25) is 0 Å². The molecular formula is C17H19Cl. The average molecular weight is 259 g/mol. The predicted octanol–water partition coefficient (Wildman–Crippen LogP) is 5.47. The minimum atomic E-state index is 0.144. The third-order valence-electron chi connectivity index (χ3n) is 4.42. The molecule has 0 bridgehead atoms. The Labute approximate surface area is 114 Å². The van der Waals surface area contributed by atoms with E-state index in [4.69, 9.17) is 11.6 Å². The molecule has 1 aliphatic carbocycles. The highest BCUT2D eigenvalue weighted by atomic mass is 35.5. The first-order chi connectivity index (χ1) is 8.50. The fraction of sp³-hybridized carbons (Fsp3) is 0.412. The number of fused-ring (bicyclic) bond motifs is 1. The van der Waals surface area contributed by atoms with Crippen molar-refractivity contribution in [1.82, 2.24) is 0 Å². The van der Waals surface area contributed by atoms with Crippen LogP contribution in [0.5, 0.6) is 0 Å². The molecule has 2 atom stereocenters. The summed E-state index contributed by atoms with van der Waals surface area (Å²) in [5.41, 5.74) is 3.04. The smallest absolute Gasteiger partial charge is 0.0624 e. The van der Waals surface area contributed by atoms with Crippen molar-refractivity contribution in [3.05, 3.63) is 47.5 Å². The molecule has 1 saturated carbocycles. The lowest BCUT2D eigenvalue weighted by atomic mass is 9.95. The van der Waals surface area contributed by atoms with E-state index < -0.39 is 0 Å². The first kappa shape index (κ1) is 12.0. The van der Waals surface area contributed by atoms with E-state index in [1.54, 1.807) is 0 Å². The number of aryl methyl sites for hydroxylation is 1. The molecule has 2 aromatic carbocycles. The molecule has 0 nitrogen and oxygen atoms in total. The van der Waals surface area contributed by atoms with E-state index in [1.807, 2.05) is 0 Å². The molecule has 18 heavy (non-hydrogen) atoms. The summed E-state index contributed by atoms with van der Waals surface area (Å²) in [6, 6.07) is 13.0.